The molecular formula is C27H19ClN2O2S. The zero-order chi connectivity index (χ0) is 22.9. The van der Waals surface area contributed by atoms with E-state index in [1.807, 2.05) is 80.6 Å². The summed E-state index contributed by atoms with van der Waals surface area (Å²) in [5.74, 6) is -0.152. The minimum atomic E-state index is -0.472. The Hall–Kier alpha value is -3.41. The molecule has 162 valence electrons. The van der Waals surface area contributed by atoms with Crippen molar-refractivity contribution in [3.63, 3.8) is 0 Å². The van der Waals surface area contributed by atoms with Crippen LogP contribution in [0.2, 0.25) is 5.02 Å². The van der Waals surface area contributed by atoms with Gasteiger partial charge in [-0.1, -0.05) is 53.2 Å². The van der Waals surface area contributed by atoms with Crippen molar-refractivity contribution in [2.45, 2.75) is 23.8 Å². The van der Waals surface area contributed by atoms with Crippen LogP contribution >= 0.6 is 23.4 Å². The van der Waals surface area contributed by atoms with E-state index in [2.05, 4.69) is 11.1 Å². The Bertz CT molecular complexity index is 1460. The van der Waals surface area contributed by atoms with E-state index in [1.54, 1.807) is 6.08 Å². The first kappa shape index (κ1) is 21.4. The lowest BCUT2D eigenvalue weighted by atomic mass is 10.1. The lowest BCUT2D eigenvalue weighted by Crippen LogP contribution is -2.06. The second-order valence-corrected chi connectivity index (χ2v) is 9.28. The number of fused-ring (bicyclic) bond motifs is 1. The molecule has 3 aromatic carbocycles. The van der Waals surface area contributed by atoms with Gasteiger partial charge in [-0.2, -0.15) is 0 Å². The van der Waals surface area contributed by atoms with Crippen molar-refractivity contribution in [1.29, 1.82) is 0 Å². The van der Waals surface area contributed by atoms with Crippen LogP contribution in [0.3, 0.4) is 0 Å². The van der Waals surface area contributed by atoms with Crippen LogP contribution in [-0.2, 0) is 9.53 Å². The zero-order valence-electron chi connectivity index (χ0n) is 18.0. The molecule has 0 radical (unpaired) electrons. The molecule has 1 aromatic heterocycles. The summed E-state index contributed by atoms with van der Waals surface area (Å²) in [5, 5.41) is 2.45. The minimum absolute atomic E-state index is 0.250. The number of ether oxygens (including phenoxy) is 1. The lowest BCUT2D eigenvalue weighted by molar-refractivity contribution is -0.129. The molecule has 0 saturated carbocycles. The van der Waals surface area contributed by atoms with Crippen molar-refractivity contribution in [3.05, 3.63) is 106 Å². The molecule has 0 spiro atoms. The van der Waals surface area contributed by atoms with Crippen LogP contribution in [0.15, 0.2) is 93.4 Å². The Kier molecular flexibility index (Phi) is 5.75. The highest BCUT2D eigenvalue weighted by Crippen LogP contribution is 2.34. The van der Waals surface area contributed by atoms with Crippen molar-refractivity contribution < 1.29 is 9.53 Å². The summed E-state index contributed by atoms with van der Waals surface area (Å²) in [6.07, 6.45) is 1.75. The van der Waals surface area contributed by atoms with Gasteiger partial charge >= 0.3 is 5.97 Å². The summed E-state index contributed by atoms with van der Waals surface area (Å²) in [5.41, 5.74) is 4.87. The number of halogens is 1. The van der Waals surface area contributed by atoms with Gasteiger partial charge < -0.3 is 4.74 Å². The average Bonchev–Trinajstić information content (AvgIpc) is 3.16. The molecule has 0 amide bonds. The number of hydrogen-bond donors (Lipinski definition) is 0. The predicted molar refractivity (Wildman–Crippen MR) is 134 cm³/mol. The van der Waals surface area contributed by atoms with Crippen LogP contribution in [-0.4, -0.2) is 16.9 Å². The van der Waals surface area contributed by atoms with Gasteiger partial charge in [0.1, 0.15) is 5.03 Å². The van der Waals surface area contributed by atoms with Crippen LogP contribution in [0.1, 0.15) is 22.3 Å². The van der Waals surface area contributed by atoms with Gasteiger partial charge in [0.2, 0.25) is 5.90 Å². The van der Waals surface area contributed by atoms with Crippen molar-refractivity contribution in [2.75, 3.05) is 0 Å². The van der Waals surface area contributed by atoms with Crippen molar-refractivity contribution >= 4 is 52.2 Å². The molecule has 0 aliphatic carbocycles. The van der Waals surface area contributed by atoms with E-state index < -0.39 is 5.97 Å². The molecule has 1 aliphatic heterocycles. The molecule has 0 saturated heterocycles. The summed E-state index contributed by atoms with van der Waals surface area (Å²) >= 11 is 7.55. The van der Waals surface area contributed by atoms with E-state index in [-0.39, 0.29) is 5.70 Å². The molecule has 4 nitrogen and oxygen atoms in total. The van der Waals surface area contributed by atoms with Gasteiger partial charge in [-0.25, -0.2) is 14.8 Å². The third kappa shape index (κ3) is 4.56. The molecule has 0 atom stereocenters. The average molecular weight is 471 g/mol. The van der Waals surface area contributed by atoms with Crippen LogP contribution < -0.4 is 0 Å². The first-order chi connectivity index (χ1) is 16.0. The van der Waals surface area contributed by atoms with Gasteiger partial charge in [-0.3, -0.25) is 0 Å². The van der Waals surface area contributed by atoms with Crippen molar-refractivity contribution in [2.24, 2.45) is 4.99 Å². The summed E-state index contributed by atoms with van der Waals surface area (Å²) in [7, 11) is 0. The predicted octanol–water partition coefficient (Wildman–Crippen LogP) is 7.00. The van der Waals surface area contributed by atoms with E-state index in [0.717, 1.165) is 43.1 Å². The third-order valence-electron chi connectivity index (χ3n) is 5.28. The van der Waals surface area contributed by atoms with Gasteiger partial charge in [0.25, 0.3) is 0 Å². The Labute approximate surface area is 201 Å². The summed E-state index contributed by atoms with van der Waals surface area (Å²) in [6, 6.07) is 23.4. The number of benzene rings is 3. The maximum atomic E-state index is 12.7. The van der Waals surface area contributed by atoms with Crippen LogP contribution in [0.25, 0.3) is 17.0 Å². The standard InChI is InChI=1S/C27H19ClN2O2S/c1-16-7-12-23-18(13-16)14-19(26(30-23)33-21-10-8-20(28)9-11-21)15-24-27(31)32-25(29-24)22-6-4-3-5-17(22)2/h3-15H,1-2H3. The number of aryl methyl sites for hydroxylation is 2. The summed E-state index contributed by atoms with van der Waals surface area (Å²) < 4.78 is 5.49. The smallest absolute Gasteiger partial charge is 0.363 e. The molecule has 0 unspecified atom stereocenters. The SMILES string of the molecule is Cc1ccc2nc(Sc3ccc(Cl)cc3)c(C=C3N=C(c4ccccc4C)OC3=O)cc2c1. The van der Waals surface area contributed by atoms with Gasteiger partial charge in [0.15, 0.2) is 5.70 Å². The van der Waals surface area contributed by atoms with E-state index in [4.69, 9.17) is 21.3 Å². The minimum Gasteiger partial charge on any atom is -0.402 e. The number of cyclic esters (lactones) is 1. The maximum Gasteiger partial charge on any atom is 0.363 e. The van der Waals surface area contributed by atoms with E-state index in [9.17, 15) is 4.79 Å². The van der Waals surface area contributed by atoms with Gasteiger partial charge in [-0.05, 0) is 74.0 Å². The fraction of sp³-hybridized carbons (Fsp3) is 0.0741. The lowest BCUT2D eigenvalue weighted by Gasteiger charge is -2.09. The normalized spacial score (nSPS) is 14.6. The highest BCUT2D eigenvalue weighted by molar-refractivity contribution is 7.99. The van der Waals surface area contributed by atoms with Crippen LogP contribution in [0, 0.1) is 13.8 Å². The first-order valence-corrected chi connectivity index (χ1v) is 11.6. The summed E-state index contributed by atoms with van der Waals surface area (Å²) in [4.78, 5) is 23.0. The Morgan fingerprint density at radius 3 is 2.55 bits per heavy atom. The quantitative estimate of drug-likeness (QED) is 0.238. The molecule has 6 heteroatoms. The molecule has 33 heavy (non-hydrogen) atoms. The number of rotatable bonds is 4. The molecule has 4 aromatic rings. The number of pyridine rings is 1. The Morgan fingerprint density at radius 2 is 1.76 bits per heavy atom. The first-order valence-electron chi connectivity index (χ1n) is 10.4. The third-order valence-corrected chi connectivity index (χ3v) is 6.56. The fourth-order valence-corrected chi connectivity index (χ4v) is 4.58. The second kappa shape index (κ2) is 8.85. The van der Waals surface area contributed by atoms with Crippen LogP contribution in [0.4, 0.5) is 0 Å². The second-order valence-electron chi connectivity index (χ2n) is 7.79. The number of carbonyl (C=O) groups is 1. The van der Waals surface area contributed by atoms with Crippen LogP contribution in [0.5, 0.6) is 0 Å². The number of aliphatic imine (C=N–C) groups is 1. The highest BCUT2D eigenvalue weighted by Gasteiger charge is 2.25. The Balaban J connectivity index is 1.61. The van der Waals surface area contributed by atoms with Gasteiger partial charge in [0.05, 0.1) is 5.52 Å². The van der Waals surface area contributed by atoms with Gasteiger partial charge in [0, 0.05) is 26.4 Å². The number of carbonyl (C=O) groups excluding carboxylic acids is 1. The molecule has 0 N–H and O–H groups in total. The molecule has 0 fully saturated rings. The highest BCUT2D eigenvalue weighted by atomic mass is 35.5. The van der Waals surface area contributed by atoms with E-state index in [1.165, 1.54) is 11.8 Å². The monoisotopic (exact) mass is 470 g/mol. The maximum absolute atomic E-state index is 12.7. The molecule has 0 bridgehead atoms. The number of esters is 1. The van der Waals surface area contributed by atoms with Crippen molar-refractivity contribution in [3.8, 4) is 0 Å². The Morgan fingerprint density at radius 1 is 0.970 bits per heavy atom. The molecule has 5 rings (SSSR count). The largest absolute Gasteiger partial charge is 0.402 e. The van der Waals surface area contributed by atoms with Gasteiger partial charge in [-0.15, -0.1) is 0 Å². The van der Waals surface area contributed by atoms with E-state index >= 15 is 0 Å². The topological polar surface area (TPSA) is 51.6 Å². The zero-order valence-corrected chi connectivity index (χ0v) is 19.6. The molecular weight excluding hydrogens is 452 g/mol. The van der Waals surface area contributed by atoms with Crippen molar-refractivity contribution in [1.82, 2.24) is 4.98 Å². The molecule has 2 heterocycles. The number of aromatic nitrogens is 1. The summed E-state index contributed by atoms with van der Waals surface area (Å²) in [6.45, 7) is 4.00. The molecule has 1 aliphatic rings. The number of nitrogens with zero attached hydrogens (tertiary/aromatic N) is 2. The number of hydrogen-bond acceptors (Lipinski definition) is 5. The van der Waals surface area contributed by atoms with E-state index in [0.29, 0.717) is 10.9 Å². The fourth-order valence-electron chi connectivity index (χ4n) is 3.58.